The average molecular weight is 326 g/mol. The molecule has 1 unspecified atom stereocenters. The Morgan fingerprint density at radius 3 is 2.26 bits per heavy atom. The summed E-state index contributed by atoms with van der Waals surface area (Å²) < 4.78 is 15.2. The van der Waals surface area contributed by atoms with Gasteiger partial charge in [-0.1, -0.05) is 64.0 Å². The molecular weight excluding hydrogens is 292 g/mol. The summed E-state index contributed by atoms with van der Waals surface area (Å²) in [6.07, 6.45) is 15.1. The van der Waals surface area contributed by atoms with Crippen LogP contribution in [0.5, 0.6) is 0 Å². The lowest BCUT2D eigenvalue weighted by molar-refractivity contribution is 0.0668. The minimum absolute atomic E-state index is 0.0984. The highest BCUT2D eigenvalue weighted by atomic mass is 16.7. The zero-order valence-electron chi connectivity index (χ0n) is 14.9. The van der Waals surface area contributed by atoms with E-state index in [0.29, 0.717) is 13.2 Å². The maximum Gasteiger partial charge on any atom is 0.508 e. The molecule has 1 atom stereocenters. The normalized spacial score (nSPS) is 12.3. The predicted molar refractivity (Wildman–Crippen MR) is 94.7 cm³/mol. The fourth-order valence-corrected chi connectivity index (χ4v) is 2.16. The highest BCUT2D eigenvalue weighted by Crippen LogP contribution is 2.11. The first-order chi connectivity index (χ1) is 11.2. The van der Waals surface area contributed by atoms with E-state index >= 15 is 0 Å². The first kappa shape index (κ1) is 21.7. The second-order valence-corrected chi connectivity index (χ2v) is 5.48. The molecule has 0 aromatic carbocycles. The minimum atomic E-state index is -0.638. The Hall–Kier alpha value is -1.29. The van der Waals surface area contributed by atoms with Crippen LogP contribution in [0, 0.1) is 0 Å². The molecule has 0 radical (unpaired) electrons. The van der Waals surface area contributed by atoms with Crippen molar-refractivity contribution in [1.29, 1.82) is 0 Å². The van der Waals surface area contributed by atoms with Gasteiger partial charge in [0.05, 0.1) is 19.3 Å². The maximum absolute atomic E-state index is 10.9. The van der Waals surface area contributed by atoms with Crippen molar-refractivity contribution in [2.75, 3.05) is 19.8 Å². The second-order valence-electron chi connectivity index (χ2n) is 5.48. The van der Waals surface area contributed by atoms with E-state index in [0.717, 1.165) is 6.42 Å². The summed E-state index contributed by atoms with van der Waals surface area (Å²) in [5.74, 6) is 0. The summed E-state index contributed by atoms with van der Waals surface area (Å²) in [5, 5.41) is 0. The number of hydrogen-bond acceptors (Lipinski definition) is 4. The average Bonchev–Trinajstić information content (AvgIpc) is 2.55. The van der Waals surface area contributed by atoms with Gasteiger partial charge in [0.15, 0.2) is 0 Å². The number of hydrogen-bond donors (Lipinski definition) is 0. The van der Waals surface area contributed by atoms with Gasteiger partial charge >= 0.3 is 6.16 Å². The van der Waals surface area contributed by atoms with E-state index in [1.54, 1.807) is 13.0 Å². The van der Waals surface area contributed by atoms with E-state index < -0.39 is 6.16 Å². The summed E-state index contributed by atoms with van der Waals surface area (Å²) in [4.78, 5) is 10.9. The number of carbonyl (C=O) groups excluding carboxylic acids is 1. The molecule has 0 aliphatic carbocycles. The van der Waals surface area contributed by atoms with Crippen molar-refractivity contribution in [2.45, 2.75) is 71.3 Å². The molecule has 0 rings (SSSR count). The minimum Gasteiger partial charge on any atom is -0.435 e. The third-order valence-electron chi connectivity index (χ3n) is 3.49. The third kappa shape index (κ3) is 15.4. The van der Waals surface area contributed by atoms with E-state index in [-0.39, 0.29) is 12.7 Å². The molecule has 0 amide bonds. The summed E-state index contributed by atoms with van der Waals surface area (Å²) in [6.45, 7) is 8.84. The zero-order chi connectivity index (χ0) is 17.2. The molecule has 0 heterocycles. The Balaban J connectivity index is 3.54. The van der Waals surface area contributed by atoms with Gasteiger partial charge in [-0.3, -0.25) is 0 Å². The van der Waals surface area contributed by atoms with Crippen molar-refractivity contribution in [3.63, 3.8) is 0 Å². The molecule has 0 N–H and O–H groups in total. The standard InChI is InChI=1S/C19H34O4/c1-4-7-8-9-10-11-12-15-18(5-2)22-16-13-14-17-23-19(20)21-6-3/h5,13-14,18H,2,4,6-12,15-17H2,1,3H3/b14-13-. The number of rotatable bonds is 15. The van der Waals surface area contributed by atoms with Crippen LogP contribution >= 0.6 is 0 Å². The molecular formula is C19H34O4. The molecule has 0 aliphatic rings. The van der Waals surface area contributed by atoms with Gasteiger partial charge in [-0.05, 0) is 19.4 Å². The summed E-state index contributed by atoms with van der Waals surface area (Å²) >= 11 is 0. The lowest BCUT2D eigenvalue weighted by Gasteiger charge is -2.12. The summed E-state index contributed by atoms with van der Waals surface area (Å²) in [6, 6.07) is 0. The Labute approximate surface area is 141 Å². The van der Waals surface area contributed by atoms with Crippen LogP contribution in [0.1, 0.15) is 65.2 Å². The zero-order valence-corrected chi connectivity index (χ0v) is 14.9. The quantitative estimate of drug-likeness (QED) is 0.229. The Bertz CT molecular complexity index is 312. The Kier molecular flexibility index (Phi) is 16.1. The SMILES string of the molecule is C=CC(CCCCCCCCC)OC/C=C\COC(=O)OCC. The smallest absolute Gasteiger partial charge is 0.435 e. The molecule has 0 bridgehead atoms. The fraction of sp³-hybridized carbons (Fsp3) is 0.737. The van der Waals surface area contributed by atoms with Crippen LogP contribution in [0.25, 0.3) is 0 Å². The molecule has 0 saturated carbocycles. The molecule has 0 saturated heterocycles. The second kappa shape index (κ2) is 17.1. The number of carbonyl (C=O) groups is 1. The first-order valence-electron chi connectivity index (χ1n) is 8.93. The third-order valence-corrected chi connectivity index (χ3v) is 3.49. The van der Waals surface area contributed by atoms with E-state index in [9.17, 15) is 4.79 Å². The highest BCUT2D eigenvalue weighted by Gasteiger charge is 2.03. The van der Waals surface area contributed by atoms with Crippen LogP contribution in [0.15, 0.2) is 24.8 Å². The first-order valence-corrected chi connectivity index (χ1v) is 8.93. The monoisotopic (exact) mass is 326 g/mol. The largest absolute Gasteiger partial charge is 0.508 e. The molecule has 0 spiro atoms. The van der Waals surface area contributed by atoms with Crippen molar-refractivity contribution in [3.8, 4) is 0 Å². The van der Waals surface area contributed by atoms with Crippen LogP contribution in [0.2, 0.25) is 0 Å². The van der Waals surface area contributed by atoms with Crippen LogP contribution < -0.4 is 0 Å². The molecule has 4 nitrogen and oxygen atoms in total. The molecule has 23 heavy (non-hydrogen) atoms. The summed E-state index contributed by atoms with van der Waals surface area (Å²) in [5.41, 5.74) is 0. The van der Waals surface area contributed by atoms with Crippen molar-refractivity contribution >= 4 is 6.16 Å². The Morgan fingerprint density at radius 2 is 1.61 bits per heavy atom. The molecule has 0 aromatic rings. The van der Waals surface area contributed by atoms with Crippen LogP contribution in [-0.2, 0) is 14.2 Å². The molecule has 4 heteroatoms. The van der Waals surface area contributed by atoms with Crippen LogP contribution in [0.3, 0.4) is 0 Å². The van der Waals surface area contributed by atoms with Crippen LogP contribution in [-0.4, -0.2) is 32.1 Å². The maximum atomic E-state index is 10.9. The van der Waals surface area contributed by atoms with Gasteiger partial charge in [-0.2, -0.15) is 0 Å². The van der Waals surface area contributed by atoms with Gasteiger partial charge in [-0.25, -0.2) is 4.79 Å². The topological polar surface area (TPSA) is 44.8 Å². The van der Waals surface area contributed by atoms with E-state index in [1.807, 2.05) is 12.2 Å². The Morgan fingerprint density at radius 1 is 0.957 bits per heavy atom. The predicted octanol–water partition coefficient (Wildman–Crippen LogP) is 5.43. The lowest BCUT2D eigenvalue weighted by Crippen LogP contribution is -2.10. The van der Waals surface area contributed by atoms with Gasteiger partial charge < -0.3 is 14.2 Å². The fourth-order valence-electron chi connectivity index (χ4n) is 2.16. The van der Waals surface area contributed by atoms with Crippen LogP contribution in [0.4, 0.5) is 4.79 Å². The van der Waals surface area contributed by atoms with Crippen molar-refractivity contribution in [3.05, 3.63) is 24.8 Å². The molecule has 134 valence electrons. The number of ether oxygens (including phenoxy) is 3. The van der Waals surface area contributed by atoms with E-state index in [2.05, 4.69) is 18.2 Å². The van der Waals surface area contributed by atoms with Crippen molar-refractivity contribution < 1.29 is 19.0 Å². The van der Waals surface area contributed by atoms with Crippen molar-refractivity contribution in [1.82, 2.24) is 0 Å². The van der Waals surface area contributed by atoms with Gasteiger partial charge in [0.25, 0.3) is 0 Å². The van der Waals surface area contributed by atoms with Gasteiger partial charge in [0.2, 0.25) is 0 Å². The van der Waals surface area contributed by atoms with Gasteiger partial charge in [0.1, 0.15) is 6.61 Å². The molecule has 0 aliphatic heterocycles. The molecule has 0 aromatic heterocycles. The lowest BCUT2D eigenvalue weighted by atomic mass is 10.1. The van der Waals surface area contributed by atoms with E-state index in [4.69, 9.17) is 9.47 Å². The summed E-state index contributed by atoms with van der Waals surface area (Å²) in [7, 11) is 0. The molecule has 0 fully saturated rings. The van der Waals surface area contributed by atoms with E-state index in [1.165, 1.54) is 44.9 Å². The number of unbranched alkanes of at least 4 members (excludes halogenated alkanes) is 6. The van der Waals surface area contributed by atoms with Crippen molar-refractivity contribution in [2.24, 2.45) is 0 Å². The van der Waals surface area contributed by atoms with Gasteiger partial charge in [-0.15, -0.1) is 6.58 Å². The highest BCUT2D eigenvalue weighted by molar-refractivity contribution is 5.59. The van der Waals surface area contributed by atoms with Gasteiger partial charge in [0, 0.05) is 0 Å².